The lowest BCUT2D eigenvalue weighted by atomic mass is 10.2. The Bertz CT molecular complexity index is 608. The summed E-state index contributed by atoms with van der Waals surface area (Å²) in [5.74, 6) is -1.47. The van der Waals surface area contributed by atoms with E-state index >= 15 is 0 Å². The van der Waals surface area contributed by atoms with E-state index in [4.69, 9.17) is 17.3 Å². The lowest BCUT2D eigenvalue weighted by Gasteiger charge is -2.10. The molecule has 3 N–H and O–H groups in total. The van der Waals surface area contributed by atoms with Gasteiger partial charge in [-0.2, -0.15) is 13.2 Å². The summed E-state index contributed by atoms with van der Waals surface area (Å²) < 4.78 is 74.8. The summed E-state index contributed by atoms with van der Waals surface area (Å²) in [5, 5.41) is -0.288. The molecule has 0 aromatic heterocycles. The average molecular weight is 367 g/mol. The lowest BCUT2D eigenvalue weighted by molar-refractivity contribution is -0.0327. The van der Waals surface area contributed by atoms with Crippen LogP contribution in [-0.2, 0) is 16.6 Å². The highest BCUT2D eigenvalue weighted by molar-refractivity contribution is 8.00. The number of hydrogen-bond acceptors (Lipinski definition) is 4. The minimum absolute atomic E-state index is 0.0849. The standard InChI is InChI=1S/C10H11ClF4N2O2S2/c11-9-6(5-16)3-7(4-8(9)12)21(18,19)17-1-2-20-10(13,14)15/h3-4,17H,1-2,5,16H2. The van der Waals surface area contributed by atoms with E-state index in [1.165, 1.54) is 0 Å². The first-order valence-corrected chi connectivity index (χ1v) is 8.30. The second-order valence-corrected chi connectivity index (χ2v) is 7.08. The molecule has 0 spiro atoms. The van der Waals surface area contributed by atoms with Gasteiger partial charge in [-0.25, -0.2) is 17.5 Å². The van der Waals surface area contributed by atoms with Crippen molar-refractivity contribution in [3.8, 4) is 0 Å². The summed E-state index contributed by atoms with van der Waals surface area (Å²) in [6, 6.07) is 1.76. The summed E-state index contributed by atoms with van der Waals surface area (Å²) >= 11 is 5.23. The van der Waals surface area contributed by atoms with Gasteiger partial charge in [0.1, 0.15) is 5.82 Å². The molecular weight excluding hydrogens is 356 g/mol. The molecule has 21 heavy (non-hydrogen) atoms. The molecule has 0 aliphatic carbocycles. The molecule has 0 atom stereocenters. The largest absolute Gasteiger partial charge is 0.441 e. The van der Waals surface area contributed by atoms with Gasteiger partial charge in [-0.15, -0.1) is 0 Å². The number of rotatable bonds is 6. The lowest BCUT2D eigenvalue weighted by Crippen LogP contribution is -2.27. The van der Waals surface area contributed by atoms with Crippen molar-refractivity contribution < 1.29 is 26.0 Å². The number of nitrogens with two attached hydrogens (primary N) is 1. The van der Waals surface area contributed by atoms with Crippen molar-refractivity contribution in [2.75, 3.05) is 12.3 Å². The van der Waals surface area contributed by atoms with Gasteiger partial charge in [0.25, 0.3) is 0 Å². The molecule has 1 aromatic rings. The average Bonchev–Trinajstić information content (AvgIpc) is 2.36. The summed E-state index contributed by atoms with van der Waals surface area (Å²) in [5.41, 5.74) is 0.952. The fraction of sp³-hybridized carbons (Fsp3) is 0.400. The summed E-state index contributed by atoms with van der Waals surface area (Å²) in [6.45, 7) is -0.627. The zero-order chi connectivity index (χ0) is 16.3. The van der Waals surface area contributed by atoms with Crippen molar-refractivity contribution in [2.24, 2.45) is 5.73 Å². The van der Waals surface area contributed by atoms with Crippen LogP contribution in [0.1, 0.15) is 5.56 Å². The predicted octanol–water partition coefficient (Wildman–Crippen LogP) is 2.47. The molecule has 0 amide bonds. The van der Waals surface area contributed by atoms with Gasteiger partial charge in [0.15, 0.2) is 0 Å². The normalized spacial score (nSPS) is 12.7. The Morgan fingerprint density at radius 2 is 1.95 bits per heavy atom. The summed E-state index contributed by atoms with van der Waals surface area (Å²) in [4.78, 5) is -0.443. The smallest absolute Gasteiger partial charge is 0.326 e. The molecule has 0 fully saturated rings. The molecule has 0 saturated heterocycles. The molecule has 0 unspecified atom stereocenters. The van der Waals surface area contributed by atoms with Crippen LogP contribution in [0.3, 0.4) is 0 Å². The van der Waals surface area contributed by atoms with Gasteiger partial charge in [0, 0.05) is 18.8 Å². The monoisotopic (exact) mass is 366 g/mol. The van der Waals surface area contributed by atoms with Crippen LogP contribution in [0.15, 0.2) is 17.0 Å². The van der Waals surface area contributed by atoms with E-state index < -0.39 is 38.5 Å². The first-order valence-electron chi connectivity index (χ1n) is 5.45. The Hall–Kier alpha value is -0.550. The molecule has 0 bridgehead atoms. The van der Waals surface area contributed by atoms with Crippen molar-refractivity contribution in [1.29, 1.82) is 0 Å². The van der Waals surface area contributed by atoms with Crippen LogP contribution in [0.5, 0.6) is 0 Å². The molecular formula is C10H11ClF4N2O2S2. The van der Waals surface area contributed by atoms with Gasteiger partial charge in [0.05, 0.1) is 9.92 Å². The first-order chi connectivity index (χ1) is 9.57. The quantitative estimate of drug-likeness (QED) is 0.599. The third-order valence-corrected chi connectivity index (χ3v) is 4.87. The maximum atomic E-state index is 13.5. The number of benzene rings is 1. The Morgan fingerprint density at radius 1 is 1.33 bits per heavy atom. The van der Waals surface area contributed by atoms with E-state index in [0.717, 1.165) is 6.07 Å². The molecule has 1 aromatic carbocycles. The molecule has 0 heterocycles. The van der Waals surface area contributed by atoms with Crippen LogP contribution in [-0.4, -0.2) is 26.2 Å². The number of nitrogens with one attached hydrogen (secondary N) is 1. The molecule has 120 valence electrons. The predicted molar refractivity (Wildman–Crippen MR) is 73.0 cm³/mol. The minimum atomic E-state index is -4.44. The van der Waals surface area contributed by atoms with Gasteiger partial charge < -0.3 is 5.73 Å². The van der Waals surface area contributed by atoms with Crippen LogP contribution in [0.2, 0.25) is 5.02 Å². The number of hydrogen-bond donors (Lipinski definition) is 2. The Morgan fingerprint density at radius 3 is 2.48 bits per heavy atom. The van der Waals surface area contributed by atoms with Gasteiger partial charge in [-0.3, -0.25) is 0 Å². The Labute approximate surface area is 128 Å². The van der Waals surface area contributed by atoms with Crippen LogP contribution < -0.4 is 10.5 Å². The highest BCUT2D eigenvalue weighted by Gasteiger charge is 2.28. The van der Waals surface area contributed by atoms with Gasteiger partial charge in [-0.1, -0.05) is 11.6 Å². The van der Waals surface area contributed by atoms with E-state index in [9.17, 15) is 26.0 Å². The third kappa shape index (κ3) is 5.62. The van der Waals surface area contributed by atoms with Gasteiger partial charge in [-0.05, 0) is 29.5 Å². The van der Waals surface area contributed by atoms with Crippen molar-refractivity contribution >= 4 is 33.4 Å². The second-order valence-electron chi connectivity index (χ2n) is 3.77. The summed E-state index contributed by atoms with van der Waals surface area (Å²) in [7, 11) is -4.13. The second kappa shape index (κ2) is 7.14. The molecule has 0 aliphatic rings. The highest BCUT2D eigenvalue weighted by Crippen LogP contribution is 2.29. The Kier molecular flexibility index (Phi) is 6.29. The van der Waals surface area contributed by atoms with Crippen LogP contribution in [0.4, 0.5) is 17.6 Å². The fourth-order valence-corrected chi connectivity index (χ4v) is 3.19. The minimum Gasteiger partial charge on any atom is -0.326 e. The van der Waals surface area contributed by atoms with E-state index in [0.29, 0.717) is 6.07 Å². The van der Waals surface area contributed by atoms with Gasteiger partial charge >= 0.3 is 5.51 Å². The van der Waals surface area contributed by atoms with Gasteiger partial charge in [0.2, 0.25) is 10.0 Å². The van der Waals surface area contributed by atoms with Crippen LogP contribution >= 0.6 is 23.4 Å². The number of sulfonamides is 1. The van der Waals surface area contributed by atoms with E-state index in [2.05, 4.69) is 0 Å². The zero-order valence-corrected chi connectivity index (χ0v) is 12.8. The molecule has 0 aliphatic heterocycles. The topological polar surface area (TPSA) is 72.2 Å². The van der Waals surface area contributed by atoms with Crippen molar-refractivity contribution in [3.63, 3.8) is 0 Å². The molecule has 11 heteroatoms. The van der Waals surface area contributed by atoms with Crippen molar-refractivity contribution in [3.05, 3.63) is 28.5 Å². The number of halogens is 5. The maximum Gasteiger partial charge on any atom is 0.441 e. The highest BCUT2D eigenvalue weighted by atomic mass is 35.5. The number of thioether (sulfide) groups is 1. The van der Waals surface area contributed by atoms with E-state index in [1.807, 2.05) is 4.72 Å². The fourth-order valence-electron chi connectivity index (χ4n) is 1.35. The zero-order valence-electron chi connectivity index (χ0n) is 10.4. The van der Waals surface area contributed by atoms with Crippen LogP contribution in [0.25, 0.3) is 0 Å². The molecule has 4 nitrogen and oxygen atoms in total. The third-order valence-electron chi connectivity index (χ3n) is 2.27. The molecule has 0 radical (unpaired) electrons. The SMILES string of the molecule is NCc1cc(S(=O)(=O)NCCSC(F)(F)F)cc(F)c1Cl. The maximum absolute atomic E-state index is 13.5. The first kappa shape index (κ1) is 18.5. The summed E-state index contributed by atoms with van der Waals surface area (Å²) in [6.07, 6.45) is 0. The molecule has 0 saturated carbocycles. The van der Waals surface area contributed by atoms with E-state index in [-0.39, 0.29) is 28.9 Å². The number of alkyl halides is 3. The van der Waals surface area contributed by atoms with Crippen LogP contribution in [0, 0.1) is 5.82 Å². The molecule has 1 rings (SSSR count). The van der Waals surface area contributed by atoms with Crippen molar-refractivity contribution in [1.82, 2.24) is 4.72 Å². The van der Waals surface area contributed by atoms with Crippen molar-refractivity contribution in [2.45, 2.75) is 16.9 Å². The van der Waals surface area contributed by atoms with E-state index in [1.54, 1.807) is 0 Å². The Balaban J connectivity index is 2.82.